The Kier molecular flexibility index (Phi) is 5.17. The van der Waals surface area contributed by atoms with Crippen LogP contribution in [0.1, 0.15) is 38.4 Å². The van der Waals surface area contributed by atoms with Gasteiger partial charge < -0.3 is 14.1 Å². The second-order valence-corrected chi connectivity index (χ2v) is 8.71. The zero-order valence-corrected chi connectivity index (χ0v) is 18.0. The molecule has 0 aliphatic carbocycles. The number of hydrogen-bond donors (Lipinski definition) is 1. The predicted molar refractivity (Wildman–Crippen MR) is 119 cm³/mol. The number of ether oxygens (including phenoxy) is 1. The van der Waals surface area contributed by atoms with Gasteiger partial charge in [-0.25, -0.2) is 4.39 Å². The highest BCUT2D eigenvalue weighted by Gasteiger charge is 2.22. The molecule has 31 heavy (non-hydrogen) atoms. The number of aromatic amines is 1. The zero-order chi connectivity index (χ0) is 22.3. The Balaban J connectivity index is 1.87. The normalized spacial score (nSPS) is 11.9. The smallest absolute Gasteiger partial charge is 0.306 e. The van der Waals surface area contributed by atoms with Gasteiger partial charge in [0.15, 0.2) is 5.58 Å². The van der Waals surface area contributed by atoms with E-state index in [0.29, 0.717) is 45.3 Å². The fourth-order valence-corrected chi connectivity index (χ4v) is 3.65. The molecule has 0 saturated heterocycles. The SMILES string of the molecule is Cc1ccc2oc3c(CCC(=O)OC(C)(C)C)[nH]c(-c4ccc(F)cc4)c3c(=O)c2c1. The summed E-state index contributed by atoms with van der Waals surface area (Å²) in [6.45, 7) is 7.35. The van der Waals surface area contributed by atoms with Crippen LogP contribution in [-0.2, 0) is 16.0 Å². The van der Waals surface area contributed by atoms with Crippen LogP contribution >= 0.6 is 0 Å². The molecular formula is C25H24FNO4. The molecule has 0 aliphatic rings. The second kappa shape index (κ2) is 7.69. The molecule has 0 saturated carbocycles. The van der Waals surface area contributed by atoms with Crippen LogP contribution in [0.5, 0.6) is 0 Å². The molecule has 0 amide bonds. The third kappa shape index (κ3) is 4.24. The van der Waals surface area contributed by atoms with Gasteiger partial charge >= 0.3 is 5.97 Å². The molecule has 4 aromatic rings. The van der Waals surface area contributed by atoms with Gasteiger partial charge in [-0.3, -0.25) is 9.59 Å². The van der Waals surface area contributed by atoms with E-state index < -0.39 is 5.60 Å². The average Bonchev–Trinajstić information content (AvgIpc) is 3.05. The number of carbonyl (C=O) groups is 1. The molecule has 4 rings (SSSR count). The molecule has 0 atom stereocenters. The summed E-state index contributed by atoms with van der Waals surface area (Å²) in [6, 6.07) is 11.3. The Morgan fingerprint density at radius 1 is 1.13 bits per heavy atom. The van der Waals surface area contributed by atoms with Gasteiger partial charge in [0.05, 0.1) is 28.6 Å². The van der Waals surface area contributed by atoms with Crippen LogP contribution < -0.4 is 5.43 Å². The molecule has 160 valence electrons. The van der Waals surface area contributed by atoms with Crippen molar-refractivity contribution >= 4 is 27.9 Å². The Hall–Kier alpha value is -3.41. The zero-order valence-electron chi connectivity index (χ0n) is 18.0. The molecule has 0 radical (unpaired) electrons. The number of halogens is 1. The van der Waals surface area contributed by atoms with Crippen molar-refractivity contribution in [1.29, 1.82) is 0 Å². The second-order valence-electron chi connectivity index (χ2n) is 8.71. The van der Waals surface area contributed by atoms with Crippen molar-refractivity contribution in [2.24, 2.45) is 0 Å². The Labute approximate surface area is 178 Å². The molecule has 0 fully saturated rings. The highest BCUT2D eigenvalue weighted by molar-refractivity contribution is 6.00. The molecule has 1 N–H and O–H groups in total. The third-order valence-corrected chi connectivity index (χ3v) is 4.98. The van der Waals surface area contributed by atoms with Crippen molar-refractivity contribution in [3.05, 3.63) is 69.8 Å². The lowest BCUT2D eigenvalue weighted by Gasteiger charge is -2.19. The minimum Gasteiger partial charge on any atom is -0.460 e. The summed E-state index contributed by atoms with van der Waals surface area (Å²) >= 11 is 0. The number of rotatable bonds is 4. The van der Waals surface area contributed by atoms with Crippen molar-refractivity contribution in [2.45, 2.75) is 46.1 Å². The van der Waals surface area contributed by atoms with E-state index in [0.717, 1.165) is 5.56 Å². The largest absolute Gasteiger partial charge is 0.460 e. The number of H-pyrrole nitrogens is 1. The van der Waals surface area contributed by atoms with Crippen LogP contribution in [0, 0.1) is 12.7 Å². The van der Waals surface area contributed by atoms with E-state index in [1.807, 2.05) is 33.8 Å². The van der Waals surface area contributed by atoms with E-state index in [1.165, 1.54) is 12.1 Å². The molecule has 2 aromatic heterocycles. The Bertz CT molecular complexity index is 1340. The highest BCUT2D eigenvalue weighted by atomic mass is 19.1. The van der Waals surface area contributed by atoms with E-state index in [-0.39, 0.29) is 23.6 Å². The van der Waals surface area contributed by atoms with Crippen LogP contribution in [0.2, 0.25) is 0 Å². The van der Waals surface area contributed by atoms with E-state index in [4.69, 9.17) is 9.15 Å². The van der Waals surface area contributed by atoms with Crippen LogP contribution in [0.15, 0.2) is 51.7 Å². The van der Waals surface area contributed by atoms with Crippen LogP contribution in [0.4, 0.5) is 4.39 Å². The molecule has 0 spiro atoms. The summed E-state index contributed by atoms with van der Waals surface area (Å²) in [7, 11) is 0. The van der Waals surface area contributed by atoms with Crippen molar-refractivity contribution in [1.82, 2.24) is 4.98 Å². The van der Waals surface area contributed by atoms with Gasteiger partial charge in [-0.1, -0.05) is 11.6 Å². The van der Waals surface area contributed by atoms with Gasteiger partial charge in [0.25, 0.3) is 0 Å². The molecule has 5 nitrogen and oxygen atoms in total. The molecular weight excluding hydrogens is 397 g/mol. The first-order valence-electron chi connectivity index (χ1n) is 10.2. The molecule has 0 bridgehead atoms. The van der Waals surface area contributed by atoms with Gasteiger partial charge in [0, 0.05) is 6.42 Å². The van der Waals surface area contributed by atoms with E-state index in [2.05, 4.69) is 4.98 Å². The van der Waals surface area contributed by atoms with E-state index in [9.17, 15) is 14.0 Å². The summed E-state index contributed by atoms with van der Waals surface area (Å²) in [5.74, 6) is -0.699. The predicted octanol–water partition coefficient (Wildman–Crippen LogP) is 5.66. The maximum Gasteiger partial charge on any atom is 0.306 e. The number of aromatic nitrogens is 1. The van der Waals surface area contributed by atoms with Crippen LogP contribution in [0.25, 0.3) is 33.2 Å². The van der Waals surface area contributed by atoms with Gasteiger partial charge in [-0.15, -0.1) is 0 Å². The lowest BCUT2D eigenvalue weighted by atomic mass is 10.1. The first-order valence-corrected chi connectivity index (χ1v) is 10.2. The maximum atomic E-state index is 13.5. The topological polar surface area (TPSA) is 72.3 Å². The minimum atomic E-state index is -0.575. The minimum absolute atomic E-state index is 0.130. The first kappa shape index (κ1) is 20.8. The third-order valence-electron chi connectivity index (χ3n) is 4.98. The number of aryl methyl sites for hydroxylation is 2. The summed E-state index contributed by atoms with van der Waals surface area (Å²) < 4.78 is 25.0. The van der Waals surface area contributed by atoms with Crippen LogP contribution in [-0.4, -0.2) is 16.6 Å². The van der Waals surface area contributed by atoms with Crippen LogP contribution in [0.3, 0.4) is 0 Å². The van der Waals surface area contributed by atoms with E-state index in [1.54, 1.807) is 24.3 Å². The van der Waals surface area contributed by atoms with Gasteiger partial charge in [0.1, 0.15) is 17.0 Å². The molecule has 2 aromatic carbocycles. The number of nitrogens with one attached hydrogen (secondary N) is 1. The fraction of sp³-hybridized carbons (Fsp3) is 0.280. The summed E-state index contributed by atoms with van der Waals surface area (Å²) in [4.78, 5) is 28.9. The fourth-order valence-electron chi connectivity index (χ4n) is 3.65. The molecule has 0 unspecified atom stereocenters. The van der Waals surface area contributed by atoms with Crippen molar-refractivity contribution in [3.8, 4) is 11.3 Å². The average molecular weight is 421 g/mol. The number of fused-ring (bicyclic) bond motifs is 2. The number of hydrogen-bond acceptors (Lipinski definition) is 4. The number of carbonyl (C=O) groups excluding carboxylic acids is 1. The monoisotopic (exact) mass is 421 g/mol. The summed E-state index contributed by atoms with van der Waals surface area (Å²) in [6.07, 6.45) is 0.443. The number of benzene rings is 2. The Morgan fingerprint density at radius 3 is 2.52 bits per heavy atom. The standard InChI is InChI=1S/C25H24FNO4/c1-14-5-11-19-17(13-14)23(29)21-22(15-6-8-16(26)9-7-15)27-18(24(21)30-19)10-12-20(28)31-25(2,3)4/h5-9,11,13,27H,10,12H2,1-4H3. The van der Waals surface area contributed by atoms with Gasteiger partial charge in [-0.2, -0.15) is 0 Å². The van der Waals surface area contributed by atoms with Crippen molar-refractivity contribution in [3.63, 3.8) is 0 Å². The molecule has 2 heterocycles. The maximum absolute atomic E-state index is 13.5. The Morgan fingerprint density at radius 2 is 1.84 bits per heavy atom. The van der Waals surface area contributed by atoms with Crippen molar-refractivity contribution < 1.29 is 18.3 Å². The lowest BCUT2D eigenvalue weighted by Crippen LogP contribution is -2.24. The first-order chi connectivity index (χ1) is 14.6. The van der Waals surface area contributed by atoms with Crippen molar-refractivity contribution in [2.75, 3.05) is 0 Å². The summed E-state index contributed by atoms with van der Waals surface area (Å²) in [5, 5.41) is 0.873. The molecule has 6 heteroatoms. The lowest BCUT2D eigenvalue weighted by molar-refractivity contribution is -0.154. The highest BCUT2D eigenvalue weighted by Crippen LogP contribution is 2.32. The quantitative estimate of drug-likeness (QED) is 0.431. The number of esters is 1. The van der Waals surface area contributed by atoms with Gasteiger partial charge in [-0.05, 0) is 69.7 Å². The summed E-state index contributed by atoms with van der Waals surface area (Å²) in [5.41, 5.74) is 2.92. The molecule has 0 aliphatic heterocycles. The van der Waals surface area contributed by atoms with Gasteiger partial charge in [0.2, 0.25) is 5.43 Å². The van der Waals surface area contributed by atoms with E-state index >= 15 is 0 Å².